The van der Waals surface area contributed by atoms with Gasteiger partial charge in [0.1, 0.15) is 5.65 Å². The Labute approximate surface area is 147 Å². The minimum atomic E-state index is -4.41. The number of amides is 1. The topological polar surface area (TPSA) is 37.6 Å². The molecule has 1 aromatic carbocycles. The van der Waals surface area contributed by atoms with Crippen molar-refractivity contribution in [1.29, 1.82) is 0 Å². The van der Waals surface area contributed by atoms with E-state index in [1.165, 1.54) is 12.1 Å². The Morgan fingerprint density at radius 3 is 2.54 bits per heavy atom. The van der Waals surface area contributed by atoms with E-state index < -0.39 is 11.7 Å². The molecule has 1 aliphatic rings. The van der Waals surface area contributed by atoms with Crippen molar-refractivity contribution in [3.8, 4) is 0 Å². The molecule has 1 saturated carbocycles. The van der Waals surface area contributed by atoms with Crippen molar-refractivity contribution >= 4 is 11.6 Å². The van der Waals surface area contributed by atoms with E-state index >= 15 is 0 Å². The predicted octanol–water partition coefficient (Wildman–Crippen LogP) is 4.16. The highest BCUT2D eigenvalue weighted by Gasteiger charge is 2.34. The van der Waals surface area contributed by atoms with Gasteiger partial charge in [0.05, 0.1) is 24.0 Å². The van der Waals surface area contributed by atoms with Gasteiger partial charge in [0, 0.05) is 17.8 Å². The molecule has 0 spiro atoms. The van der Waals surface area contributed by atoms with Crippen molar-refractivity contribution in [3.05, 3.63) is 71.7 Å². The monoisotopic (exact) mass is 359 g/mol. The number of aromatic nitrogens is 2. The maximum Gasteiger partial charge on any atom is 0.416 e. The first-order chi connectivity index (χ1) is 12.4. The average molecular weight is 359 g/mol. The Kier molecular flexibility index (Phi) is 3.94. The number of rotatable bonds is 4. The molecule has 2 aromatic heterocycles. The quantitative estimate of drug-likeness (QED) is 0.702. The van der Waals surface area contributed by atoms with Gasteiger partial charge >= 0.3 is 6.18 Å². The van der Waals surface area contributed by atoms with Crippen LogP contribution in [-0.2, 0) is 12.7 Å². The minimum absolute atomic E-state index is 0.124. The Balaban J connectivity index is 1.59. The van der Waals surface area contributed by atoms with E-state index in [0.717, 1.165) is 36.3 Å². The molecule has 0 N–H and O–H groups in total. The van der Waals surface area contributed by atoms with E-state index in [2.05, 4.69) is 4.98 Å². The summed E-state index contributed by atoms with van der Waals surface area (Å²) in [4.78, 5) is 18.9. The minimum Gasteiger partial charge on any atom is -0.330 e. The van der Waals surface area contributed by atoms with E-state index in [0.29, 0.717) is 6.54 Å². The summed E-state index contributed by atoms with van der Waals surface area (Å²) in [5, 5.41) is 0. The highest BCUT2D eigenvalue weighted by atomic mass is 19.4. The second kappa shape index (κ2) is 6.16. The number of imidazole rings is 1. The fourth-order valence-electron chi connectivity index (χ4n) is 3.00. The Hall–Kier alpha value is -2.83. The molecule has 0 aliphatic heterocycles. The summed E-state index contributed by atoms with van der Waals surface area (Å²) in [6.45, 7) is 0.371. The highest BCUT2D eigenvalue weighted by molar-refractivity contribution is 5.94. The summed E-state index contributed by atoms with van der Waals surface area (Å²) >= 11 is 0. The fraction of sp³-hybridized carbons (Fsp3) is 0.263. The average Bonchev–Trinajstić information content (AvgIpc) is 3.39. The summed E-state index contributed by atoms with van der Waals surface area (Å²) in [5.41, 5.74) is 1.17. The molecular weight excluding hydrogens is 343 g/mol. The van der Waals surface area contributed by atoms with E-state index in [9.17, 15) is 18.0 Å². The lowest BCUT2D eigenvalue weighted by Gasteiger charge is -2.22. The first kappa shape index (κ1) is 16.6. The van der Waals surface area contributed by atoms with Crippen LogP contribution >= 0.6 is 0 Å². The highest BCUT2D eigenvalue weighted by Crippen LogP contribution is 2.32. The number of carbonyl (C=O) groups excluding carboxylic acids is 1. The Bertz CT molecular complexity index is 943. The number of hydrogen-bond acceptors (Lipinski definition) is 2. The third-order valence-electron chi connectivity index (χ3n) is 4.53. The first-order valence-corrected chi connectivity index (χ1v) is 8.33. The van der Waals surface area contributed by atoms with Gasteiger partial charge in [-0.15, -0.1) is 0 Å². The Morgan fingerprint density at radius 1 is 1.15 bits per heavy atom. The molecule has 0 atom stereocenters. The van der Waals surface area contributed by atoms with Gasteiger partial charge in [-0.3, -0.25) is 4.79 Å². The second-order valence-corrected chi connectivity index (χ2v) is 6.42. The normalized spacial score (nSPS) is 14.6. The molecule has 1 fully saturated rings. The molecule has 0 bridgehead atoms. The van der Waals surface area contributed by atoms with Crippen molar-refractivity contribution in [2.45, 2.75) is 31.6 Å². The summed E-state index contributed by atoms with van der Waals surface area (Å²) < 4.78 is 40.1. The molecule has 3 aromatic rings. The van der Waals surface area contributed by atoms with Crippen LogP contribution in [0.3, 0.4) is 0 Å². The zero-order valence-electron chi connectivity index (χ0n) is 13.8. The molecule has 0 saturated heterocycles. The fourth-order valence-corrected chi connectivity index (χ4v) is 3.00. The van der Waals surface area contributed by atoms with Crippen LogP contribution in [0, 0.1) is 0 Å². The number of carbonyl (C=O) groups is 1. The van der Waals surface area contributed by atoms with Crippen molar-refractivity contribution in [2.75, 3.05) is 0 Å². The lowest BCUT2D eigenvalue weighted by Crippen LogP contribution is -2.33. The molecule has 2 heterocycles. The summed E-state index contributed by atoms with van der Waals surface area (Å²) in [6, 6.07) is 10.2. The largest absolute Gasteiger partial charge is 0.416 e. The van der Waals surface area contributed by atoms with Crippen LogP contribution in [0.5, 0.6) is 0 Å². The van der Waals surface area contributed by atoms with Crippen LogP contribution in [0.15, 0.2) is 54.9 Å². The van der Waals surface area contributed by atoms with Crippen LogP contribution in [0.1, 0.15) is 34.5 Å². The van der Waals surface area contributed by atoms with Gasteiger partial charge in [-0.2, -0.15) is 13.2 Å². The van der Waals surface area contributed by atoms with Crippen molar-refractivity contribution < 1.29 is 18.0 Å². The number of fused-ring (bicyclic) bond motifs is 1. The maximum absolute atomic E-state index is 12.9. The number of hydrogen-bond donors (Lipinski definition) is 0. The van der Waals surface area contributed by atoms with E-state index in [1.807, 2.05) is 28.8 Å². The van der Waals surface area contributed by atoms with Crippen molar-refractivity contribution in [2.24, 2.45) is 0 Å². The lowest BCUT2D eigenvalue weighted by molar-refractivity contribution is -0.137. The molecule has 134 valence electrons. The SMILES string of the molecule is O=C(c1ccc(C(F)(F)F)cc1)N(Cc1cnc2ccccn12)C1CC1. The maximum atomic E-state index is 12.9. The molecule has 4 nitrogen and oxygen atoms in total. The zero-order chi connectivity index (χ0) is 18.3. The van der Waals surface area contributed by atoms with Gasteiger partial charge in [0.25, 0.3) is 5.91 Å². The van der Waals surface area contributed by atoms with Crippen LogP contribution in [0.2, 0.25) is 0 Å². The standard InChI is InChI=1S/C19H16F3N3O/c20-19(21,22)14-6-4-13(5-7-14)18(26)25(15-8-9-15)12-16-11-23-17-3-1-2-10-24(16)17/h1-7,10-11,15H,8-9,12H2. The molecule has 26 heavy (non-hydrogen) atoms. The number of benzene rings is 1. The molecule has 7 heteroatoms. The van der Waals surface area contributed by atoms with Crippen LogP contribution in [-0.4, -0.2) is 26.2 Å². The Morgan fingerprint density at radius 2 is 1.88 bits per heavy atom. The molecule has 1 aliphatic carbocycles. The predicted molar refractivity (Wildman–Crippen MR) is 89.5 cm³/mol. The lowest BCUT2D eigenvalue weighted by atomic mass is 10.1. The van der Waals surface area contributed by atoms with Gasteiger partial charge < -0.3 is 9.30 Å². The third-order valence-corrected chi connectivity index (χ3v) is 4.53. The molecular formula is C19H16F3N3O. The van der Waals surface area contributed by atoms with Crippen LogP contribution in [0.25, 0.3) is 5.65 Å². The molecule has 0 unspecified atom stereocenters. The third kappa shape index (κ3) is 3.16. The number of alkyl halides is 3. The van der Waals surface area contributed by atoms with E-state index in [-0.39, 0.29) is 17.5 Å². The van der Waals surface area contributed by atoms with Gasteiger partial charge in [0.2, 0.25) is 0 Å². The van der Waals surface area contributed by atoms with E-state index in [4.69, 9.17) is 0 Å². The van der Waals surface area contributed by atoms with Crippen LogP contribution in [0.4, 0.5) is 13.2 Å². The summed E-state index contributed by atoms with van der Waals surface area (Å²) in [7, 11) is 0. The molecule has 4 rings (SSSR count). The number of pyridine rings is 1. The van der Waals surface area contributed by atoms with Gasteiger partial charge in [-0.25, -0.2) is 4.98 Å². The number of halogens is 3. The van der Waals surface area contributed by atoms with Gasteiger partial charge in [0.15, 0.2) is 0 Å². The second-order valence-electron chi connectivity index (χ2n) is 6.42. The summed E-state index contributed by atoms with van der Waals surface area (Å²) in [6.07, 6.45) is 1.01. The van der Waals surface area contributed by atoms with Gasteiger partial charge in [-0.05, 0) is 49.2 Å². The smallest absolute Gasteiger partial charge is 0.330 e. The van der Waals surface area contributed by atoms with Crippen molar-refractivity contribution in [1.82, 2.24) is 14.3 Å². The van der Waals surface area contributed by atoms with E-state index in [1.54, 1.807) is 11.1 Å². The zero-order valence-corrected chi connectivity index (χ0v) is 13.8. The van der Waals surface area contributed by atoms with Crippen molar-refractivity contribution in [3.63, 3.8) is 0 Å². The summed E-state index contributed by atoms with van der Waals surface area (Å²) in [5.74, 6) is -0.257. The first-order valence-electron chi connectivity index (χ1n) is 8.33. The number of nitrogens with zero attached hydrogens (tertiary/aromatic N) is 3. The molecule has 1 amide bonds. The molecule has 0 radical (unpaired) electrons. The van der Waals surface area contributed by atoms with Gasteiger partial charge in [-0.1, -0.05) is 6.07 Å². The van der Waals surface area contributed by atoms with Crippen LogP contribution < -0.4 is 0 Å².